The molecule has 1 saturated carbocycles. The maximum absolute atomic E-state index is 12.3. The van der Waals surface area contributed by atoms with E-state index in [1.807, 2.05) is 0 Å². The van der Waals surface area contributed by atoms with Gasteiger partial charge in [0.2, 0.25) is 10.0 Å². The van der Waals surface area contributed by atoms with Crippen LogP contribution in [0.25, 0.3) is 0 Å². The van der Waals surface area contributed by atoms with Crippen LogP contribution in [0.2, 0.25) is 0 Å². The highest BCUT2D eigenvalue weighted by Gasteiger charge is 2.31. The van der Waals surface area contributed by atoms with Crippen molar-refractivity contribution in [3.05, 3.63) is 33.9 Å². The number of nitrogens with one attached hydrogen (secondary N) is 1. The highest BCUT2D eigenvalue weighted by atomic mass is 35.5. The number of rotatable bonds is 4. The molecule has 0 bridgehead atoms. The number of alkyl halides is 1. The highest BCUT2D eigenvalue weighted by Crippen LogP contribution is 2.28. The summed E-state index contributed by atoms with van der Waals surface area (Å²) in [7, 11) is -3.80. The average Bonchev–Trinajstić information content (AvgIpc) is 2.74. The lowest BCUT2D eigenvalue weighted by molar-refractivity contribution is -0.385. The first-order valence-corrected chi connectivity index (χ1v) is 8.15. The number of nitro groups is 1. The van der Waals surface area contributed by atoms with Crippen LogP contribution < -0.4 is 4.72 Å². The zero-order valence-corrected chi connectivity index (χ0v) is 12.4. The smallest absolute Gasteiger partial charge is 0.258 e. The van der Waals surface area contributed by atoms with E-state index < -0.39 is 14.9 Å². The van der Waals surface area contributed by atoms with E-state index in [4.69, 9.17) is 11.6 Å². The first kappa shape index (κ1) is 15.2. The van der Waals surface area contributed by atoms with Crippen LogP contribution in [0.1, 0.15) is 24.8 Å². The predicted molar refractivity (Wildman–Crippen MR) is 75.4 cm³/mol. The van der Waals surface area contributed by atoms with Gasteiger partial charge in [0.15, 0.2) is 0 Å². The molecule has 110 valence electrons. The van der Waals surface area contributed by atoms with Crippen molar-refractivity contribution >= 4 is 27.3 Å². The summed E-state index contributed by atoms with van der Waals surface area (Å²) in [5, 5.41) is 10.6. The second-order valence-corrected chi connectivity index (χ2v) is 7.08. The summed E-state index contributed by atoms with van der Waals surface area (Å²) in [6.07, 6.45) is 2.32. The van der Waals surface area contributed by atoms with Gasteiger partial charge in [0.05, 0.1) is 9.82 Å². The number of halogens is 1. The first-order chi connectivity index (χ1) is 9.33. The Bertz CT molecular complexity index is 632. The molecule has 0 radical (unpaired) electrons. The van der Waals surface area contributed by atoms with E-state index in [1.54, 1.807) is 0 Å². The topological polar surface area (TPSA) is 89.3 Å². The predicted octanol–water partition coefficient (Wildman–Crippen LogP) is 2.34. The first-order valence-electron chi connectivity index (χ1n) is 6.23. The molecule has 1 aromatic rings. The van der Waals surface area contributed by atoms with Crippen molar-refractivity contribution in [1.29, 1.82) is 0 Å². The van der Waals surface area contributed by atoms with Gasteiger partial charge < -0.3 is 0 Å². The van der Waals surface area contributed by atoms with Crippen LogP contribution in [0.5, 0.6) is 0 Å². The Balaban J connectivity index is 2.35. The van der Waals surface area contributed by atoms with Gasteiger partial charge in [0.25, 0.3) is 5.69 Å². The summed E-state index contributed by atoms with van der Waals surface area (Å²) in [5.41, 5.74) is -0.0733. The molecule has 8 heteroatoms. The van der Waals surface area contributed by atoms with Crippen LogP contribution in [0, 0.1) is 17.0 Å². The summed E-state index contributed by atoms with van der Waals surface area (Å²) in [6, 6.07) is 3.70. The molecule has 0 saturated heterocycles. The Morgan fingerprint density at radius 1 is 1.40 bits per heavy atom. The maximum Gasteiger partial charge on any atom is 0.273 e. The number of nitrogens with zero attached hydrogens (tertiary/aromatic N) is 1. The minimum Gasteiger partial charge on any atom is -0.258 e. The number of benzene rings is 1. The van der Waals surface area contributed by atoms with E-state index in [9.17, 15) is 18.5 Å². The van der Waals surface area contributed by atoms with Crippen molar-refractivity contribution in [1.82, 2.24) is 4.72 Å². The molecule has 2 unspecified atom stereocenters. The second-order valence-electron chi connectivity index (χ2n) is 4.83. The standard InChI is InChI=1S/C12H15ClN2O4S/c1-8-11(15(16)17)6-3-7-12(8)20(18,19)14-10-5-2-4-9(10)13/h3,6-7,9-10,14H,2,4-5H2,1H3. The van der Waals surface area contributed by atoms with Crippen molar-refractivity contribution in [3.8, 4) is 0 Å². The van der Waals surface area contributed by atoms with E-state index in [-0.39, 0.29) is 27.6 Å². The quantitative estimate of drug-likeness (QED) is 0.524. The Morgan fingerprint density at radius 2 is 2.10 bits per heavy atom. The number of hydrogen-bond acceptors (Lipinski definition) is 4. The molecule has 20 heavy (non-hydrogen) atoms. The third kappa shape index (κ3) is 2.94. The molecule has 1 N–H and O–H groups in total. The van der Waals surface area contributed by atoms with Gasteiger partial charge in [0.1, 0.15) is 0 Å². The molecule has 0 aliphatic heterocycles. The van der Waals surface area contributed by atoms with Crippen molar-refractivity contribution in [2.24, 2.45) is 0 Å². The van der Waals surface area contributed by atoms with Crippen molar-refractivity contribution in [3.63, 3.8) is 0 Å². The van der Waals surface area contributed by atoms with E-state index >= 15 is 0 Å². The third-order valence-electron chi connectivity index (χ3n) is 3.48. The minimum atomic E-state index is -3.80. The molecule has 1 fully saturated rings. The lowest BCUT2D eigenvalue weighted by atomic mass is 10.2. The van der Waals surface area contributed by atoms with Gasteiger partial charge in [-0.2, -0.15) is 0 Å². The minimum absolute atomic E-state index is 0.0672. The number of hydrogen-bond donors (Lipinski definition) is 1. The zero-order valence-electron chi connectivity index (χ0n) is 10.9. The summed E-state index contributed by atoms with van der Waals surface area (Å²) in [6.45, 7) is 1.43. The molecular weight excluding hydrogens is 304 g/mol. The van der Waals surface area contributed by atoms with Crippen LogP contribution in [0.15, 0.2) is 23.1 Å². The molecule has 1 aliphatic carbocycles. The number of sulfonamides is 1. The van der Waals surface area contributed by atoms with Gasteiger partial charge in [-0.25, -0.2) is 13.1 Å². The van der Waals surface area contributed by atoms with Crippen LogP contribution in [0.4, 0.5) is 5.69 Å². The van der Waals surface area contributed by atoms with E-state index in [2.05, 4.69) is 4.72 Å². The molecule has 6 nitrogen and oxygen atoms in total. The molecule has 2 atom stereocenters. The van der Waals surface area contributed by atoms with Crippen molar-refractivity contribution in [2.45, 2.75) is 42.5 Å². The summed E-state index contributed by atoms with van der Waals surface area (Å²) < 4.78 is 27.2. The average molecular weight is 319 g/mol. The Hall–Kier alpha value is -1.18. The van der Waals surface area contributed by atoms with Gasteiger partial charge in [-0.15, -0.1) is 11.6 Å². The SMILES string of the molecule is Cc1c([N+](=O)[O-])cccc1S(=O)(=O)NC1CCCC1Cl. The lowest BCUT2D eigenvalue weighted by Gasteiger charge is -2.17. The Kier molecular flexibility index (Phi) is 4.31. The molecule has 2 rings (SSSR count). The van der Waals surface area contributed by atoms with Crippen molar-refractivity contribution in [2.75, 3.05) is 0 Å². The zero-order chi connectivity index (χ0) is 14.9. The van der Waals surface area contributed by atoms with Crippen LogP contribution in [-0.4, -0.2) is 24.8 Å². The van der Waals surface area contributed by atoms with Crippen LogP contribution >= 0.6 is 11.6 Å². The normalized spacial score (nSPS) is 22.9. The maximum atomic E-state index is 12.3. The fraction of sp³-hybridized carbons (Fsp3) is 0.500. The molecule has 0 heterocycles. The molecule has 0 aromatic heterocycles. The number of nitro benzene ring substituents is 1. The highest BCUT2D eigenvalue weighted by molar-refractivity contribution is 7.89. The van der Waals surface area contributed by atoms with E-state index in [0.717, 1.165) is 12.8 Å². The monoisotopic (exact) mass is 318 g/mol. The van der Waals surface area contributed by atoms with Gasteiger partial charge in [-0.1, -0.05) is 12.5 Å². The molecule has 1 aliphatic rings. The van der Waals surface area contributed by atoms with Crippen LogP contribution in [-0.2, 0) is 10.0 Å². The second kappa shape index (κ2) is 5.67. The van der Waals surface area contributed by atoms with Crippen LogP contribution in [0.3, 0.4) is 0 Å². The molecular formula is C12H15ClN2O4S. The Morgan fingerprint density at radius 3 is 2.65 bits per heavy atom. The summed E-state index contributed by atoms with van der Waals surface area (Å²) >= 11 is 6.06. The molecule has 0 amide bonds. The molecule has 0 spiro atoms. The summed E-state index contributed by atoms with van der Waals surface area (Å²) in [5.74, 6) is 0. The van der Waals surface area contributed by atoms with E-state index in [1.165, 1.54) is 25.1 Å². The van der Waals surface area contributed by atoms with Crippen molar-refractivity contribution < 1.29 is 13.3 Å². The van der Waals surface area contributed by atoms with Gasteiger partial charge >= 0.3 is 0 Å². The fourth-order valence-corrected chi connectivity index (χ4v) is 4.39. The third-order valence-corrected chi connectivity index (χ3v) is 5.64. The van der Waals surface area contributed by atoms with Gasteiger partial charge in [0, 0.05) is 23.0 Å². The summed E-state index contributed by atoms with van der Waals surface area (Å²) in [4.78, 5) is 10.2. The van der Waals surface area contributed by atoms with E-state index in [0.29, 0.717) is 6.42 Å². The fourth-order valence-electron chi connectivity index (χ4n) is 2.40. The van der Waals surface area contributed by atoms with Gasteiger partial charge in [-0.3, -0.25) is 10.1 Å². The lowest BCUT2D eigenvalue weighted by Crippen LogP contribution is -2.38. The van der Waals surface area contributed by atoms with Gasteiger partial charge in [-0.05, 0) is 25.8 Å². The Labute approximate surface area is 122 Å². The molecule has 1 aromatic carbocycles. The largest absolute Gasteiger partial charge is 0.273 e.